The third-order valence-electron chi connectivity index (χ3n) is 2.37. The van der Waals surface area contributed by atoms with Gasteiger partial charge >= 0.3 is 0 Å². The van der Waals surface area contributed by atoms with Gasteiger partial charge in [-0.2, -0.15) is 0 Å². The first-order valence-corrected chi connectivity index (χ1v) is 5.65. The maximum atomic E-state index is 13.6. The van der Waals surface area contributed by atoms with E-state index in [9.17, 15) is 9.18 Å². The summed E-state index contributed by atoms with van der Waals surface area (Å²) in [7, 11) is 0. The number of ether oxygens (including phenoxy) is 1. The summed E-state index contributed by atoms with van der Waals surface area (Å²) in [5, 5.41) is 0. The molecule has 0 unspecified atom stereocenters. The highest BCUT2D eigenvalue weighted by atomic mass is 19.1. The van der Waals surface area contributed by atoms with E-state index in [1.807, 2.05) is 6.07 Å². The van der Waals surface area contributed by atoms with Gasteiger partial charge in [0.05, 0.1) is 0 Å². The Bertz CT molecular complexity index is 609. The van der Waals surface area contributed by atoms with Gasteiger partial charge in [-0.25, -0.2) is 4.39 Å². The van der Waals surface area contributed by atoms with Gasteiger partial charge in [-0.3, -0.25) is 4.79 Å². The van der Waals surface area contributed by atoms with E-state index in [1.165, 1.54) is 30.4 Å². The van der Waals surface area contributed by atoms with Gasteiger partial charge in [0, 0.05) is 6.08 Å². The molecule has 0 radical (unpaired) electrons. The van der Waals surface area contributed by atoms with Crippen molar-refractivity contribution in [3.05, 3.63) is 66.0 Å². The average molecular weight is 257 g/mol. The predicted octanol–water partition coefficient (Wildman–Crippen LogP) is 3.12. The second kappa shape index (κ2) is 5.82. The quantitative estimate of drug-likeness (QED) is 0.855. The van der Waals surface area contributed by atoms with Crippen LogP contribution in [-0.4, -0.2) is 5.91 Å². The standard InChI is InChI=1S/C15H12FNO2/c16-13-8-6-11(7-9-15(17)18)10-14(13)19-12-4-2-1-3-5-12/h1-10H,(H2,17,18)/b9-7-. The zero-order valence-electron chi connectivity index (χ0n) is 10.0. The molecule has 0 heterocycles. The van der Waals surface area contributed by atoms with Crippen molar-refractivity contribution in [1.29, 1.82) is 0 Å². The molecule has 0 fully saturated rings. The molecule has 0 atom stereocenters. The molecular formula is C15H12FNO2. The maximum Gasteiger partial charge on any atom is 0.241 e. The van der Waals surface area contributed by atoms with Crippen molar-refractivity contribution in [2.45, 2.75) is 0 Å². The molecule has 2 rings (SSSR count). The van der Waals surface area contributed by atoms with Gasteiger partial charge in [-0.1, -0.05) is 24.3 Å². The number of carbonyl (C=O) groups is 1. The van der Waals surface area contributed by atoms with Crippen LogP contribution in [0.3, 0.4) is 0 Å². The predicted molar refractivity (Wildman–Crippen MR) is 71.1 cm³/mol. The van der Waals surface area contributed by atoms with Crippen molar-refractivity contribution in [3.63, 3.8) is 0 Å². The van der Waals surface area contributed by atoms with Gasteiger partial charge in [0.25, 0.3) is 0 Å². The van der Waals surface area contributed by atoms with Gasteiger partial charge in [0.1, 0.15) is 5.75 Å². The highest BCUT2D eigenvalue weighted by molar-refractivity contribution is 5.90. The summed E-state index contributed by atoms with van der Waals surface area (Å²) in [6.07, 6.45) is 2.71. The van der Waals surface area contributed by atoms with E-state index in [0.29, 0.717) is 11.3 Å². The minimum atomic E-state index is -0.560. The van der Waals surface area contributed by atoms with Crippen LogP contribution in [0.4, 0.5) is 4.39 Å². The lowest BCUT2D eigenvalue weighted by molar-refractivity contribution is -0.113. The zero-order chi connectivity index (χ0) is 13.7. The Morgan fingerprint density at radius 3 is 2.58 bits per heavy atom. The average Bonchev–Trinajstić information content (AvgIpc) is 2.41. The van der Waals surface area contributed by atoms with Crippen molar-refractivity contribution in [2.24, 2.45) is 5.73 Å². The Morgan fingerprint density at radius 1 is 1.16 bits per heavy atom. The molecule has 19 heavy (non-hydrogen) atoms. The van der Waals surface area contributed by atoms with Gasteiger partial charge in [-0.05, 0) is 35.9 Å². The molecule has 2 N–H and O–H groups in total. The molecule has 2 aromatic rings. The second-order valence-electron chi connectivity index (χ2n) is 3.84. The van der Waals surface area contributed by atoms with Crippen LogP contribution in [0.5, 0.6) is 11.5 Å². The summed E-state index contributed by atoms with van der Waals surface area (Å²) in [5.74, 6) is -0.398. The first kappa shape index (κ1) is 12.8. The van der Waals surface area contributed by atoms with Crippen molar-refractivity contribution in [1.82, 2.24) is 0 Å². The highest BCUT2D eigenvalue weighted by Crippen LogP contribution is 2.25. The van der Waals surface area contributed by atoms with Crippen LogP contribution in [0.1, 0.15) is 5.56 Å². The van der Waals surface area contributed by atoms with E-state index in [2.05, 4.69) is 0 Å². The molecule has 0 saturated carbocycles. The fourth-order valence-electron chi connectivity index (χ4n) is 1.50. The minimum Gasteiger partial charge on any atom is -0.454 e. The Morgan fingerprint density at radius 2 is 1.89 bits per heavy atom. The lowest BCUT2D eigenvalue weighted by atomic mass is 10.2. The van der Waals surface area contributed by atoms with E-state index >= 15 is 0 Å². The number of nitrogens with two attached hydrogens (primary N) is 1. The molecule has 96 valence electrons. The monoisotopic (exact) mass is 257 g/mol. The van der Waals surface area contributed by atoms with E-state index in [-0.39, 0.29) is 5.75 Å². The molecule has 2 aromatic carbocycles. The summed E-state index contributed by atoms with van der Waals surface area (Å²) >= 11 is 0. The number of hydrogen-bond acceptors (Lipinski definition) is 2. The van der Waals surface area contributed by atoms with Crippen molar-refractivity contribution in [2.75, 3.05) is 0 Å². The fraction of sp³-hybridized carbons (Fsp3) is 0. The molecule has 0 aliphatic rings. The van der Waals surface area contributed by atoms with Crippen LogP contribution in [0.2, 0.25) is 0 Å². The summed E-state index contributed by atoms with van der Waals surface area (Å²) in [4.78, 5) is 10.6. The van der Waals surface area contributed by atoms with Crippen LogP contribution in [0.25, 0.3) is 6.08 Å². The van der Waals surface area contributed by atoms with Crippen LogP contribution in [0, 0.1) is 5.82 Å². The number of halogens is 1. The molecule has 4 heteroatoms. The van der Waals surface area contributed by atoms with Crippen LogP contribution in [-0.2, 0) is 4.79 Å². The summed E-state index contributed by atoms with van der Waals surface area (Å²) < 4.78 is 19.0. The molecule has 0 saturated heterocycles. The number of carbonyl (C=O) groups excluding carboxylic acids is 1. The first-order chi connectivity index (χ1) is 9.15. The second-order valence-corrected chi connectivity index (χ2v) is 3.84. The maximum absolute atomic E-state index is 13.6. The Balaban J connectivity index is 2.25. The minimum absolute atomic E-state index is 0.0952. The van der Waals surface area contributed by atoms with Crippen molar-refractivity contribution >= 4 is 12.0 Å². The molecule has 0 aliphatic carbocycles. The van der Waals surface area contributed by atoms with Crippen molar-refractivity contribution < 1.29 is 13.9 Å². The van der Waals surface area contributed by atoms with Crippen molar-refractivity contribution in [3.8, 4) is 11.5 Å². The number of para-hydroxylation sites is 1. The Kier molecular flexibility index (Phi) is 3.93. The molecule has 1 amide bonds. The smallest absolute Gasteiger partial charge is 0.241 e. The summed E-state index contributed by atoms with van der Waals surface area (Å²) in [5.41, 5.74) is 5.63. The lowest BCUT2D eigenvalue weighted by Gasteiger charge is -2.07. The highest BCUT2D eigenvalue weighted by Gasteiger charge is 2.05. The van der Waals surface area contributed by atoms with Crippen LogP contribution < -0.4 is 10.5 Å². The first-order valence-electron chi connectivity index (χ1n) is 5.65. The fourth-order valence-corrected chi connectivity index (χ4v) is 1.50. The summed E-state index contributed by atoms with van der Waals surface area (Å²) in [6, 6.07) is 13.2. The SMILES string of the molecule is NC(=O)/C=C\c1ccc(F)c(Oc2ccccc2)c1. The molecule has 0 bridgehead atoms. The number of benzene rings is 2. The molecule has 0 aromatic heterocycles. The number of amides is 1. The summed E-state index contributed by atoms with van der Waals surface area (Å²) in [6.45, 7) is 0. The van der Waals surface area contributed by atoms with Gasteiger partial charge in [-0.15, -0.1) is 0 Å². The van der Waals surface area contributed by atoms with E-state index < -0.39 is 11.7 Å². The van der Waals surface area contributed by atoms with E-state index in [4.69, 9.17) is 10.5 Å². The number of primary amides is 1. The Labute approximate surface area is 110 Å². The third-order valence-corrected chi connectivity index (χ3v) is 2.37. The number of hydrogen-bond donors (Lipinski definition) is 1. The zero-order valence-corrected chi connectivity index (χ0v) is 10.0. The van der Waals surface area contributed by atoms with Gasteiger partial charge in [0.15, 0.2) is 11.6 Å². The normalized spacial score (nSPS) is 10.6. The van der Waals surface area contributed by atoms with E-state index in [1.54, 1.807) is 24.3 Å². The van der Waals surface area contributed by atoms with Gasteiger partial charge in [0.2, 0.25) is 5.91 Å². The van der Waals surface area contributed by atoms with Crippen LogP contribution in [0.15, 0.2) is 54.6 Å². The van der Waals surface area contributed by atoms with Gasteiger partial charge < -0.3 is 10.5 Å². The molecule has 3 nitrogen and oxygen atoms in total. The lowest BCUT2D eigenvalue weighted by Crippen LogP contribution is -2.05. The largest absolute Gasteiger partial charge is 0.454 e. The molecular weight excluding hydrogens is 245 g/mol. The number of rotatable bonds is 4. The third kappa shape index (κ3) is 3.67. The molecule has 0 spiro atoms. The van der Waals surface area contributed by atoms with E-state index in [0.717, 1.165) is 0 Å². The topological polar surface area (TPSA) is 52.3 Å². The van der Waals surface area contributed by atoms with Crippen LogP contribution >= 0.6 is 0 Å². The molecule has 0 aliphatic heterocycles. The Hall–Kier alpha value is -2.62.